The maximum Gasteiger partial charge on any atom is 0.167 e. The number of ether oxygens (including phenoxy) is 1. The van der Waals surface area contributed by atoms with Crippen LogP contribution in [0.25, 0.3) is 0 Å². The second-order valence-electron chi connectivity index (χ2n) is 4.20. The first kappa shape index (κ1) is 13.7. The van der Waals surface area contributed by atoms with Crippen LogP contribution >= 0.6 is 11.3 Å². The normalized spacial score (nSPS) is 10.4. The number of anilines is 2. The Morgan fingerprint density at radius 3 is 2.95 bits per heavy atom. The minimum absolute atomic E-state index is 0.240. The zero-order chi connectivity index (χ0) is 13.7. The van der Waals surface area contributed by atoms with E-state index in [9.17, 15) is 4.39 Å². The molecule has 0 bridgehead atoms. The van der Waals surface area contributed by atoms with Gasteiger partial charge in [-0.05, 0) is 28.8 Å². The summed E-state index contributed by atoms with van der Waals surface area (Å²) in [6.07, 6.45) is 0.835. The van der Waals surface area contributed by atoms with E-state index in [2.05, 4.69) is 10.7 Å². The van der Waals surface area contributed by atoms with Crippen LogP contribution in [0.15, 0.2) is 29.0 Å². The number of nitrogens with two attached hydrogens (primary N) is 1. The summed E-state index contributed by atoms with van der Waals surface area (Å²) in [4.78, 5) is 0. The van der Waals surface area contributed by atoms with E-state index in [1.165, 1.54) is 11.6 Å². The van der Waals surface area contributed by atoms with Crippen molar-refractivity contribution in [1.29, 1.82) is 0 Å². The van der Waals surface area contributed by atoms with Crippen molar-refractivity contribution < 1.29 is 9.13 Å². The number of nitrogen functional groups attached to an aromatic ring is 1. The standard InChI is InChI=1S/C14H17FN2OS/c1-2-4-18-14-7-13(12(16)6-11(14)15)17-8-10-3-5-19-9-10/h3,5-7,9,17H,2,4,8,16H2,1H3. The van der Waals surface area contributed by atoms with Gasteiger partial charge in [0.05, 0.1) is 18.0 Å². The molecule has 0 fully saturated rings. The smallest absolute Gasteiger partial charge is 0.167 e. The Morgan fingerprint density at radius 1 is 1.42 bits per heavy atom. The van der Waals surface area contributed by atoms with Gasteiger partial charge in [-0.15, -0.1) is 0 Å². The molecule has 0 atom stereocenters. The van der Waals surface area contributed by atoms with Crippen molar-refractivity contribution in [2.24, 2.45) is 0 Å². The minimum atomic E-state index is -0.424. The zero-order valence-corrected chi connectivity index (χ0v) is 11.6. The van der Waals surface area contributed by atoms with Crippen LogP contribution in [0, 0.1) is 5.82 Å². The largest absolute Gasteiger partial charge is 0.490 e. The van der Waals surface area contributed by atoms with Gasteiger partial charge in [-0.25, -0.2) is 4.39 Å². The topological polar surface area (TPSA) is 47.3 Å². The third-order valence-electron chi connectivity index (χ3n) is 2.63. The Kier molecular flexibility index (Phi) is 4.63. The number of halogens is 1. The number of rotatable bonds is 6. The Balaban J connectivity index is 2.10. The summed E-state index contributed by atoms with van der Waals surface area (Å²) in [5, 5.41) is 7.27. The molecule has 1 aromatic heterocycles. The first-order chi connectivity index (χ1) is 9.20. The quantitative estimate of drug-likeness (QED) is 0.790. The van der Waals surface area contributed by atoms with Crippen LogP contribution in [0.1, 0.15) is 18.9 Å². The van der Waals surface area contributed by atoms with Crippen molar-refractivity contribution in [3.05, 3.63) is 40.3 Å². The molecular weight excluding hydrogens is 263 g/mol. The summed E-state index contributed by atoms with van der Waals surface area (Å²) in [5.41, 5.74) is 8.05. The fourth-order valence-corrected chi connectivity index (χ4v) is 2.30. The SMILES string of the molecule is CCCOc1cc(NCc2ccsc2)c(N)cc1F. The Bertz CT molecular complexity index is 528. The van der Waals surface area contributed by atoms with Gasteiger partial charge in [0.2, 0.25) is 0 Å². The van der Waals surface area contributed by atoms with Crippen molar-refractivity contribution in [3.8, 4) is 5.75 Å². The first-order valence-corrected chi connectivity index (χ1v) is 7.11. The number of hydrogen-bond acceptors (Lipinski definition) is 4. The highest BCUT2D eigenvalue weighted by molar-refractivity contribution is 7.07. The fraction of sp³-hybridized carbons (Fsp3) is 0.286. The molecule has 2 aromatic rings. The maximum absolute atomic E-state index is 13.6. The Morgan fingerprint density at radius 2 is 2.26 bits per heavy atom. The van der Waals surface area contributed by atoms with Crippen molar-refractivity contribution in [3.63, 3.8) is 0 Å². The lowest BCUT2D eigenvalue weighted by atomic mass is 10.2. The minimum Gasteiger partial charge on any atom is -0.490 e. The van der Waals surface area contributed by atoms with Crippen LogP contribution < -0.4 is 15.8 Å². The molecule has 0 saturated heterocycles. The molecule has 19 heavy (non-hydrogen) atoms. The molecule has 0 saturated carbocycles. The molecule has 0 spiro atoms. The van der Waals surface area contributed by atoms with E-state index in [1.54, 1.807) is 17.4 Å². The molecule has 1 heterocycles. The molecule has 0 radical (unpaired) electrons. The summed E-state index contributed by atoms with van der Waals surface area (Å²) in [6, 6.07) is 4.94. The summed E-state index contributed by atoms with van der Waals surface area (Å²) < 4.78 is 19.0. The molecule has 0 aliphatic heterocycles. The molecule has 0 amide bonds. The first-order valence-electron chi connectivity index (χ1n) is 6.17. The molecule has 3 nitrogen and oxygen atoms in total. The summed E-state index contributed by atoms with van der Waals surface area (Å²) in [5.74, 6) is -0.184. The van der Waals surface area contributed by atoms with Gasteiger partial charge in [-0.2, -0.15) is 11.3 Å². The highest BCUT2D eigenvalue weighted by Crippen LogP contribution is 2.28. The second kappa shape index (κ2) is 6.43. The van der Waals surface area contributed by atoms with Crippen LogP contribution in [-0.4, -0.2) is 6.61 Å². The lowest BCUT2D eigenvalue weighted by Crippen LogP contribution is -2.04. The van der Waals surface area contributed by atoms with E-state index in [0.29, 0.717) is 24.5 Å². The molecule has 2 rings (SSSR count). The van der Waals surface area contributed by atoms with Gasteiger partial charge in [0.25, 0.3) is 0 Å². The van der Waals surface area contributed by atoms with E-state index < -0.39 is 5.82 Å². The maximum atomic E-state index is 13.6. The van der Waals surface area contributed by atoms with Gasteiger partial charge < -0.3 is 15.8 Å². The molecular formula is C14H17FN2OS. The number of benzene rings is 1. The van der Waals surface area contributed by atoms with Gasteiger partial charge >= 0.3 is 0 Å². The van der Waals surface area contributed by atoms with Gasteiger partial charge in [0.15, 0.2) is 11.6 Å². The van der Waals surface area contributed by atoms with Crippen molar-refractivity contribution >= 4 is 22.7 Å². The van der Waals surface area contributed by atoms with Crippen LogP contribution in [0.4, 0.5) is 15.8 Å². The predicted octanol–water partition coefficient (Wildman–Crippen LogP) is 3.87. The fourth-order valence-electron chi connectivity index (χ4n) is 1.64. The van der Waals surface area contributed by atoms with E-state index in [1.807, 2.05) is 18.4 Å². The van der Waals surface area contributed by atoms with Crippen molar-refractivity contribution in [1.82, 2.24) is 0 Å². The second-order valence-corrected chi connectivity index (χ2v) is 4.98. The van der Waals surface area contributed by atoms with Crippen molar-refractivity contribution in [2.45, 2.75) is 19.9 Å². The highest BCUT2D eigenvalue weighted by Gasteiger charge is 2.09. The Labute approximate surface area is 116 Å². The zero-order valence-electron chi connectivity index (χ0n) is 10.8. The van der Waals surface area contributed by atoms with Gasteiger partial charge in [0.1, 0.15) is 0 Å². The molecule has 102 valence electrons. The Hall–Kier alpha value is -1.75. The summed E-state index contributed by atoms with van der Waals surface area (Å²) in [6.45, 7) is 3.13. The average molecular weight is 280 g/mol. The van der Waals surface area contributed by atoms with E-state index >= 15 is 0 Å². The lowest BCUT2D eigenvalue weighted by molar-refractivity contribution is 0.301. The lowest BCUT2D eigenvalue weighted by Gasteiger charge is -2.12. The van der Waals surface area contributed by atoms with Crippen LogP contribution in [0.3, 0.4) is 0 Å². The summed E-state index contributed by atoms with van der Waals surface area (Å²) in [7, 11) is 0. The number of thiophene rings is 1. The van der Waals surface area contributed by atoms with Gasteiger partial charge in [0, 0.05) is 18.7 Å². The predicted molar refractivity (Wildman–Crippen MR) is 78.2 cm³/mol. The van der Waals surface area contributed by atoms with E-state index in [4.69, 9.17) is 10.5 Å². The molecule has 1 aromatic carbocycles. The third kappa shape index (κ3) is 3.61. The van der Waals surface area contributed by atoms with Crippen LogP contribution in [-0.2, 0) is 6.54 Å². The van der Waals surface area contributed by atoms with Crippen LogP contribution in [0.5, 0.6) is 5.75 Å². The third-order valence-corrected chi connectivity index (χ3v) is 3.36. The van der Waals surface area contributed by atoms with Gasteiger partial charge in [-0.1, -0.05) is 6.92 Å². The number of hydrogen-bond donors (Lipinski definition) is 2. The molecule has 5 heteroatoms. The highest BCUT2D eigenvalue weighted by atomic mass is 32.1. The van der Waals surface area contributed by atoms with Gasteiger partial charge in [-0.3, -0.25) is 0 Å². The van der Waals surface area contributed by atoms with E-state index in [-0.39, 0.29) is 5.75 Å². The average Bonchev–Trinajstić information content (AvgIpc) is 2.90. The monoisotopic (exact) mass is 280 g/mol. The molecule has 0 unspecified atom stereocenters. The van der Waals surface area contributed by atoms with Crippen LogP contribution in [0.2, 0.25) is 0 Å². The molecule has 3 N–H and O–H groups in total. The summed E-state index contributed by atoms with van der Waals surface area (Å²) >= 11 is 1.64. The van der Waals surface area contributed by atoms with E-state index in [0.717, 1.165) is 6.42 Å². The number of nitrogens with one attached hydrogen (secondary N) is 1. The van der Waals surface area contributed by atoms with Crippen molar-refractivity contribution in [2.75, 3.05) is 17.7 Å². The molecule has 0 aliphatic rings. The molecule has 0 aliphatic carbocycles.